The average molecular weight is 428 g/mol. The molecule has 5 heteroatoms. The van der Waals surface area contributed by atoms with Gasteiger partial charge in [0, 0.05) is 17.6 Å². The summed E-state index contributed by atoms with van der Waals surface area (Å²) in [6.07, 6.45) is 4.60. The minimum Gasteiger partial charge on any atom is -0.324 e. The molecule has 1 aliphatic rings. The molecular weight excluding hydrogens is 398 g/mol. The molecule has 1 N–H and O–H groups in total. The van der Waals surface area contributed by atoms with Crippen molar-refractivity contribution in [3.63, 3.8) is 0 Å². The van der Waals surface area contributed by atoms with Crippen LogP contribution < -0.4 is 10.2 Å². The van der Waals surface area contributed by atoms with E-state index in [0.717, 1.165) is 35.2 Å². The van der Waals surface area contributed by atoms with E-state index in [1.807, 2.05) is 63.2 Å². The van der Waals surface area contributed by atoms with Crippen LogP contribution in [0.2, 0.25) is 0 Å². The average Bonchev–Trinajstić information content (AvgIpc) is 3.29. The van der Waals surface area contributed by atoms with Gasteiger partial charge >= 0.3 is 0 Å². The molecule has 32 heavy (non-hydrogen) atoms. The maximum atomic E-state index is 13.9. The van der Waals surface area contributed by atoms with E-state index in [1.54, 1.807) is 29.3 Å². The number of aryl methyl sites for hydroxylation is 3. The fourth-order valence-electron chi connectivity index (χ4n) is 4.61. The van der Waals surface area contributed by atoms with Crippen molar-refractivity contribution in [1.29, 1.82) is 0 Å². The third-order valence-electron chi connectivity index (χ3n) is 6.38. The van der Waals surface area contributed by atoms with Crippen LogP contribution in [0.3, 0.4) is 0 Å². The Morgan fingerprint density at radius 3 is 2.12 bits per heavy atom. The van der Waals surface area contributed by atoms with Gasteiger partial charge in [-0.2, -0.15) is 0 Å². The number of nitrogens with one attached hydrogen (secondary N) is 1. The van der Waals surface area contributed by atoms with Gasteiger partial charge in [0.25, 0.3) is 11.8 Å². The third-order valence-corrected chi connectivity index (χ3v) is 6.38. The normalized spacial score (nSPS) is 14.7. The summed E-state index contributed by atoms with van der Waals surface area (Å²) >= 11 is 0. The molecule has 0 spiro atoms. The molecule has 0 bridgehead atoms. The third kappa shape index (κ3) is 4.03. The van der Waals surface area contributed by atoms with Gasteiger partial charge in [0.15, 0.2) is 0 Å². The molecule has 0 unspecified atom stereocenters. The second-order valence-electron chi connectivity index (χ2n) is 8.65. The number of hydrogen-bond donors (Lipinski definition) is 1. The summed E-state index contributed by atoms with van der Waals surface area (Å²) in [7, 11) is 0. The van der Waals surface area contributed by atoms with Crippen molar-refractivity contribution >= 4 is 23.2 Å². The first-order valence-electron chi connectivity index (χ1n) is 11.1. The molecule has 2 amide bonds. The molecule has 2 aromatic carbocycles. The molecule has 0 atom stereocenters. The molecule has 4 rings (SSSR count). The van der Waals surface area contributed by atoms with Gasteiger partial charge in [-0.05, 0) is 69.0 Å². The predicted molar refractivity (Wildman–Crippen MR) is 128 cm³/mol. The van der Waals surface area contributed by atoms with E-state index >= 15 is 0 Å². The van der Waals surface area contributed by atoms with Crippen LogP contribution in [0.15, 0.2) is 66.9 Å². The maximum absolute atomic E-state index is 13.9. The van der Waals surface area contributed by atoms with Crippen LogP contribution in [0.1, 0.15) is 52.9 Å². The summed E-state index contributed by atoms with van der Waals surface area (Å²) in [6.45, 7) is 5.98. The Balaban J connectivity index is 1.81. The number of anilines is 2. The molecule has 164 valence electrons. The SMILES string of the molecule is Cc1ccc(N(C(=O)c2ccccn2)C2(C(=O)Nc3c(C)cccc3C)CCCC2)cc1. The highest BCUT2D eigenvalue weighted by atomic mass is 16.2. The summed E-state index contributed by atoms with van der Waals surface area (Å²) in [5, 5.41) is 3.18. The lowest BCUT2D eigenvalue weighted by Crippen LogP contribution is -2.58. The molecular formula is C27H29N3O2. The Morgan fingerprint density at radius 2 is 1.53 bits per heavy atom. The molecule has 3 aromatic rings. The van der Waals surface area contributed by atoms with Gasteiger partial charge in [-0.25, -0.2) is 0 Å². The first-order chi connectivity index (χ1) is 15.4. The smallest absolute Gasteiger partial charge is 0.277 e. The quantitative estimate of drug-likeness (QED) is 0.576. The van der Waals surface area contributed by atoms with Crippen molar-refractivity contribution in [3.8, 4) is 0 Å². The Morgan fingerprint density at radius 1 is 0.875 bits per heavy atom. The van der Waals surface area contributed by atoms with Crippen LogP contribution in [0, 0.1) is 20.8 Å². The predicted octanol–water partition coefficient (Wildman–Crippen LogP) is 5.61. The van der Waals surface area contributed by atoms with Crippen molar-refractivity contribution in [1.82, 2.24) is 4.98 Å². The standard InChI is InChI=1S/C27H29N3O2/c1-19-12-14-22(15-13-19)30(25(31)23-11-4-7-18-28-23)27(16-5-6-17-27)26(32)29-24-20(2)9-8-10-21(24)3/h4,7-15,18H,5-6,16-17H2,1-3H3,(H,29,32). The van der Waals surface area contributed by atoms with E-state index < -0.39 is 5.54 Å². The summed E-state index contributed by atoms with van der Waals surface area (Å²) in [4.78, 5) is 33.7. The van der Waals surface area contributed by atoms with E-state index in [2.05, 4.69) is 10.3 Å². The lowest BCUT2D eigenvalue weighted by atomic mass is 9.91. The molecule has 0 saturated heterocycles. The van der Waals surface area contributed by atoms with Gasteiger partial charge in [0.1, 0.15) is 11.2 Å². The minimum atomic E-state index is -0.974. The molecule has 1 aromatic heterocycles. The number of nitrogens with zero attached hydrogens (tertiary/aromatic N) is 2. The highest BCUT2D eigenvalue weighted by Crippen LogP contribution is 2.40. The first-order valence-corrected chi connectivity index (χ1v) is 11.1. The number of benzene rings is 2. The summed E-state index contributed by atoms with van der Waals surface area (Å²) in [5.74, 6) is -0.398. The van der Waals surface area contributed by atoms with E-state index in [-0.39, 0.29) is 11.8 Å². The molecule has 1 heterocycles. The monoisotopic (exact) mass is 427 g/mol. The van der Waals surface area contributed by atoms with E-state index in [0.29, 0.717) is 24.2 Å². The zero-order valence-corrected chi connectivity index (χ0v) is 18.9. The van der Waals surface area contributed by atoms with E-state index in [9.17, 15) is 9.59 Å². The molecule has 0 aliphatic heterocycles. The minimum absolute atomic E-state index is 0.141. The van der Waals surface area contributed by atoms with Crippen LogP contribution in [0.4, 0.5) is 11.4 Å². The summed E-state index contributed by atoms with van der Waals surface area (Å²) in [6, 6.07) is 19.0. The van der Waals surface area contributed by atoms with Gasteiger partial charge in [-0.15, -0.1) is 0 Å². The topological polar surface area (TPSA) is 62.3 Å². The van der Waals surface area contributed by atoms with Crippen LogP contribution in [-0.4, -0.2) is 22.3 Å². The Labute approximate surface area is 189 Å². The number of rotatable bonds is 5. The largest absolute Gasteiger partial charge is 0.324 e. The maximum Gasteiger partial charge on any atom is 0.277 e. The van der Waals surface area contributed by atoms with Crippen LogP contribution in [0.25, 0.3) is 0 Å². The number of para-hydroxylation sites is 1. The van der Waals surface area contributed by atoms with Crippen LogP contribution >= 0.6 is 0 Å². The molecule has 0 radical (unpaired) electrons. The van der Waals surface area contributed by atoms with Crippen molar-refractivity contribution in [2.75, 3.05) is 10.2 Å². The first kappa shape index (κ1) is 21.8. The lowest BCUT2D eigenvalue weighted by molar-refractivity contribution is -0.121. The van der Waals surface area contributed by atoms with Gasteiger partial charge in [-0.3, -0.25) is 19.5 Å². The van der Waals surface area contributed by atoms with Crippen LogP contribution in [-0.2, 0) is 4.79 Å². The number of carbonyl (C=O) groups excluding carboxylic acids is 2. The second kappa shape index (κ2) is 8.95. The number of pyridine rings is 1. The van der Waals surface area contributed by atoms with Crippen LogP contribution in [0.5, 0.6) is 0 Å². The number of hydrogen-bond acceptors (Lipinski definition) is 3. The van der Waals surface area contributed by atoms with Crippen molar-refractivity contribution in [3.05, 3.63) is 89.2 Å². The van der Waals surface area contributed by atoms with Crippen molar-refractivity contribution < 1.29 is 9.59 Å². The van der Waals surface area contributed by atoms with Crippen molar-refractivity contribution in [2.24, 2.45) is 0 Å². The number of amides is 2. The molecule has 1 aliphatic carbocycles. The fraction of sp³-hybridized carbons (Fsp3) is 0.296. The number of carbonyl (C=O) groups is 2. The zero-order valence-electron chi connectivity index (χ0n) is 18.9. The summed E-state index contributed by atoms with van der Waals surface area (Å²) in [5.41, 5.74) is 3.99. The number of aromatic nitrogens is 1. The molecule has 5 nitrogen and oxygen atoms in total. The lowest BCUT2D eigenvalue weighted by Gasteiger charge is -2.40. The molecule has 1 fully saturated rings. The van der Waals surface area contributed by atoms with Gasteiger partial charge < -0.3 is 5.32 Å². The zero-order chi connectivity index (χ0) is 22.7. The van der Waals surface area contributed by atoms with E-state index in [4.69, 9.17) is 0 Å². The van der Waals surface area contributed by atoms with Gasteiger partial charge in [0.05, 0.1) is 0 Å². The second-order valence-corrected chi connectivity index (χ2v) is 8.65. The Kier molecular flexibility index (Phi) is 6.08. The Hall–Kier alpha value is -3.47. The van der Waals surface area contributed by atoms with Gasteiger partial charge in [-0.1, -0.05) is 54.8 Å². The van der Waals surface area contributed by atoms with E-state index in [1.165, 1.54) is 0 Å². The fourth-order valence-corrected chi connectivity index (χ4v) is 4.61. The van der Waals surface area contributed by atoms with Crippen molar-refractivity contribution in [2.45, 2.75) is 52.0 Å². The highest BCUT2D eigenvalue weighted by molar-refractivity contribution is 6.13. The Bertz CT molecular complexity index is 1100. The highest BCUT2D eigenvalue weighted by Gasteiger charge is 2.49. The summed E-state index contributed by atoms with van der Waals surface area (Å²) < 4.78 is 0. The van der Waals surface area contributed by atoms with Gasteiger partial charge in [0.2, 0.25) is 0 Å². The molecule has 1 saturated carbocycles.